The van der Waals surface area contributed by atoms with Crippen LogP contribution in [0, 0.1) is 17.8 Å². The van der Waals surface area contributed by atoms with Crippen LogP contribution in [-0.2, 0) is 0 Å². The normalized spacial score (nSPS) is 45.4. The van der Waals surface area contributed by atoms with Crippen molar-refractivity contribution < 1.29 is 5.11 Å². The van der Waals surface area contributed by atoms with Crippen molar-refractivity contribution in [2.24, 2.45) is 17.8 Å². The number of piperidine rings is 2. The Balaban J connectivity index is 1.63. The van der Waals surface area contributed by atoms with Crippen LogP contribution in [0.3, 0.4) is 0 Å². The molecule has 6 atom stereocenters. The molecule has 2 nitrogen and oxygen atoms in total. The van der Waals surface area contributed by atoms with Gasteiger partial charge >= 0.3 is 0 Å². The van der Waals surface area contributed by atoms with Crippen LogP contribution in [0.2, 0.25) is 0 Å². The summed E-state index contributed by atoms with van der Waals surface area (Å²) in [4.78, 5) is 0. The first-order valence-corrected chi connectivity index (χ1v) is 7.65. The highest BCUT2D eigenvalue weighted by Gasteiger charge is 2.54. The fraction of sp³-hybridized carbons (Fsp3) is 0.647. The second-order valence-electron chi connectivity index (χ2n) is 7.25. The summed E-state index contributed by atoms with van der Waals surface area (Å²) in [6, 6.07) is 10.7. The number of nitrogens with one attached hydrogen (secondary N) is 1. The van der Waals surface area contributed by atoms with Crippen molar-refractivity contribution in [2.75, 3.05) is 0 Å². The largest absolute Gasteiger partial charge is 0.388 e. The summed E-state index contributed by atoms with van der Waals surface area (Å²) in [6.07, 6.45) is 4.89. The smallest absolute Gasteiger partial charge is 0.0835 e. The van der Waals surface area contributed by atoms with Crippen molar-refractivity contribution in [3.05, 3.63) is 35.9 Å². The van der Waals surface area contributed by atoms with E-state index in [0.717, 1.165) is 11.5 Å². The second-order valence-corrected chi connectivity index (χ2v) is 7.25. The van der Waals surface area contributed by atoms with E-state index in [-0.39, 0.29) is 6.10 Å². The molecule has 4 fully saturated rings. The summed E-state index contributed by atoms with van der Waals surface area (Å²) in [6.45, 7) is 2.38. The Labute approximate surface area is 115 Å². The SMILES string of the molecule is CC12CC3CC(C1)C(C(O)c1ccccc1)C(C3)N2. The second kappa shape index (κ2) is 4.07. The van der Waals surface area contributed by atoms with E-state index in [1.165, 1.54) is 25.7 Å². The predicted octanol–water partition coefficient (Wildman–Crippen LogP) is 2.89. The van der Waals surface area contributed by atoms with E-state index < -0.39 is 0 Å². The third-order valence-corrected chi connectivity index (χ3v) is 5.72. The number of aliphatic hydroxyl groups is 1. The van der Waals surface area contributed by atoms with E-state index in [2.05, 4.69) is 24.4 Å². The van der Waals surface area contributed by atoms with Gasteiger partial charge in [-0.25, -0.2) is 0 Å². The molecule has 19 heavy (non-hydrogen) atoms. The zero-order valence-corrected chi connectivity index (χ0v) is 11.5. The lowest BCUT2D eigenvalue weighted by atomic mass is 9.54. The van der Waals surface area contributed by atoms with E-state index in [0.29, 0.717) is 23.4 Å². The van der Waals surface area contributed by atoms with E-state index in [1.807, 2.05) is 18.2 Å². The van der Waals surface area contributed by atoms with Gasteiger partial charge in [-0.1, -0.05) is 30.3 Å². The lowest BCUT2D eigenvalue weighted by Crippen LogP contribution is -2.67. The van der Waals surface area contributed by atoms with Crippen LogP contribution >= 0.6 is 0 Å². The van der Waals surface area contributed by atoms with Crippen molar-refractivity contribution in [1.29, 1.82) is 0 Å². The summed E-state index contributed by atoms with van der Waals surface area (Å²) in [7, 11) is 0. The van der Waals surface area contributed by atoms with Crippen LogP contribution in [0.5, 0.6) is 0 Å². The van der Waals surface area contributed by atoms with E-state index in [1.54, 1.807) is 0 Å². The molecule has 1 aromatic rings. The molecule has 2 aliphatic carbocycles. The highest BCUT2D eigenvalue weighted by Crippen LogP contribution is 2.54. The number of hydrogen-bond acceptors (Lipinski definition) is 2. The molecule has 2 saturated carbocycles. The zero-order chi connectivity index (χ0) is 13.0. The Hall–Kier alpha value is -0.860. The van der Waals surface area contributed by atoms with Gasteiger partial charge in [-0.2, -0.15) is 0 Å². The van der Waals surface area contributed by atoms with Crippen LogP contribution in [0.15, 0.2) is 30.3 Å². The van der Waals surface area contributed by atoms with Gasteiger partial charge in [0.1, 0.15) is 0 Å². The zero-order valence-electron chi connectivity index (χ0n) is 11.5. The Morgan fingerprint density at radius 1 is 1.21 bits per heavy atom. The summed E-state index contributed by atoms with van der Waals surface area (Å²) < 4.78 is 0. The van der Waals surface area contributed by atoms with Crippen molar-refractivity contribution in [3.63, 3.8) is 0 Å². The third kappa shape index (κ3) is 1.85. The average molecular weight is 257 g/mol. The van der Waals surface area contributed by atoms with Crippen LogP contribution in [0.4, 0.5) is 0 Å². The maximum Gasteiger partial charge on any atom is 0.0835 e. The molecular formula is C17H23NO. The summed E-state index contributed by atoms with van der Waals surface area (Å²) in [5, 5.41) is 14.6. The first-order chi connectivity index (χ1) is 9.15. The van der Waals surface area contributed by atoms with Gasteiger partial charge in [0.2, 0.25) is 0 Å². The van der Waals surface area contributed by atoms with E-state index in [4.69, 9.17) is 0 Å². The molecule has 6 unspecified atom stereocenters. The average Bonchev–Trinajstić information content (AvgIpc) is 2.37. The van der Waals surface area contributed by atoms with Crippen LogP contribution in [-0.4, -0.2) is 16.7 Å². The summed E-state index contributed by atoms with van der Waals surface area (Å²) in [5.74, 6) is 2.01. The predicted molar refractivity (Wildman–Crippen MR) is 75.7 cm³/mol. The fourth-order valence-electron chi connectivity index (χ4n) is 5.28. The molecule has 0 aromatic heterocycles. The standard InChI is InChI=1S/C17H23NO/c1-17-9-11-7-13(10-17)15(14(8-11)18-17)16(19)12-5-3-2-4-6-12/h2-6,11,13-16,18-19H,7-10H2,1H3. The highest BCUT2D eigenvalue weighted by atomic mass is 16.3. The molecule has 2 aliphatic heterocycles. The summed E-state index contributed by atoms with van der Waals surface area (Å²) >= 11 is 0. The molecular weight excluding hydrogens is 234 g/mol. The van der Waals surface area contributed by atoms with Gasteiger partial charge in [0.05, 0.1) is 6.10 Å². The minimum atomic E-state index is -0.299. The lowest BCUT2D eigenvalue weighted by molar-refractivity contribution is -0.0874. The molecule has 2 saturated heterocycles. The van der Waals surface area contributed by atoms with Gasteiger partial charge in [-0.3, -0.25) is 0 Å². The number of hydrogen-bond donors (Lipinski definition) is 2. The quantitative estimate of drug-likeness (QED) is 0.854. The molecule has 4 aliphatic rings. The minimum absolute atomic E-state index is 0.299. The van der Waals surface area contributed by atoms with Crippen molar-refractivity contribution in [1.82, 2.24) is 5.32 Å². The van der Waals surface area contributed by atoms with Crippen LogP contribution in [0.25, 0.3) is 0 Å². The maximum absolute atomic E-state index is 10.8. The number of benzene rings is 1. The van der Waals surface area contributed by atoms with E-state index in [9.17, 15) is 5.11 Å². The monoisotopic (exact) mass is 257 g/mol. The number of aliphatic hydroxyl groups excluding tert-OH is 1. The molecule has 1 aromatic carbocycles. The molecule has 0 amide bonds. The molecule has 0 spiro atoms. The van der Waals surface area contributed by atoms with Gasteiger partial charge in [-0.05, 0) is 50.0 Å². The first-order valence-electron chi connectivity index (χ1n) is 7.65. The Morgan fingerprint density at radius 3 is 2.68 bits per heavy atom. The molecule has 102 valence electrons. The van der Waals surface area contributed by atoms with Crippen LogP contribution < -0.4 is 5.32 Å². The molecule has 2 heteroatoms. The third-order valence-electron chi connectivity index (χ3n) is 5.72. The molecule has 4 bridgehead atoms. The van der Waals surface area contributed by atoms with Gasteiger partial charge in [-0.15, -0.1) is 0 Å². The molecule has 2 heterocycles. The topological polar surface area (TPSA) is 32.3 Å². The number of rotatable bonds is 2. The van der Waals surface area contributed by atoms with Gasteiger partial charge < -0.3 is 10.4 Å². The molecule has 2 N–H and O–H groups in total. The Kier molecular flexibility index (Phi) is 2.55. The van der Waals surface area contributed by atoms with Crippen molar-refractivity contribution >= 4 is 0 Å². The molecule has 0 radical (unpaired) electrons. The molecule has 5 rings (SSSR count). The van der Waals surface area contributed by atoms with E-state index >= 15 is 0 Å². The van der Waals surface area contributed by atoms with Gasteiger partial charge in [0.15, 0.2) is 0 Å². The van der Waals surface area contributed by atoms with Gasteiger partial charge in [0, 0.05) is 17.5 Å². The maximum atomic E-state index is 10.8. The Bertz CT molecular complexity index is 455. The highest BCUT2D eigenvalue weighted by molar-refractivity contribution is 5.21. The van der Waals surface area contributed by atoms with Crippen LogP contribution in [0.1, 0.15) is 44.3 Å². The minimum Gasteiger partial charge on any atom is -0.388 e. The Morgan fingerprint density at radius 2 is 2.00 bits per heavy atom. The van der Waals surface area contributed by atoms with Crippen molar-refractivity contribution in [3.8, 4) is 0 Å². The lowest BCUT2D eigenvalue weighted by Gasteiger charge is -2.60. The summed E-state index contributed by atoms with van der Waals surface area (Å²) in [5.41, 5.74) is 1.44. The van der Waals surface area contributed by atoms with Crippen molar-refractivity contribution in [2.45, 2.75) is 50.3 Å². The van der Waals surface area contributed by atoms with Gasteiger partial charge in [0.25, 0.3) is 0 Å². The first kappa shape index (κ1) is 11.9. The fourth-order valence-corrected chi connectivity index (χ4v) is 5.28.